The maximum atomic E-state index is 11.9. The Morgan fingerprint density at radius 2 is 1.80 bits per heavy atom. The van der Waals surface area contributed by atoms with E-state index in [0.717, 1.165) is 5.56 Å². The number of carbonyl (C=O) groups is 2. The molecule has 7 heteroatoms. The van der Waals surface area contributed by atoms with Gasteiger partial charge in [-0.2, -0.15) is 0 Å². The van der Waals surface area contributed by atoms with E-state index in [1.54, 1.807) is 24.3 Å². The van der Waals surface area contributed by atoms with Gasteiger partial charge in [-0.15, -0.1) is 0 Å². The minimum atomic E-state index is -0.925. The number of hydrogen-bond acceptors (Lipinski definition) is 4. The molecule has 0 bridgehead atoms. The Morgan fingerprint density at radius 3 is 2.44 bits per heavy atom. The molecule has 1 amide bonds. The van der Waals surface area contributed by atoms with Crippen LogP contribution in [-0.4, -0.2) is 24.6 Å². The summed E-state index contributed by atoms with van der Waals surface area (Å²) in [5.74, 6) is -0.807. The zero-order valence-corrected chi connectivity index (χ0v) is 15.2. The molecule has 2 aromatic rings. The Bertz CT molecular complexity index is 762. The van der Waals surface area contributed by atoms with E-state index in [-0.39, 0.29) is 5.02 Å². The number of esters is 1. The van der Waals surface area contributed by atoms with Gasteiger partial charge in [-0.05, 0) is 44.2 Å². The first kappa shape index (κ1) is 19.1. The molecule has 0 heterocycles. The highest BCUT2D eigenvalue weighted by atomic mass is 35.5. The highest BCUT2D eigenvalue weighted by Crippen LogP contribution is 2.28. The Kier molecular flexibility index (Phi) is 6.67. The smallest absolute Gasteiger partial charge is 0.347 e. The van der Waals surface area contributed by atoms with Crippen molar-refractivity contribution < 1.29 is 19.1 Å². The predicted octanol–water partition coefficient (Wildman–Crippen LogP) is 4.25. The Labute approximate surface area is 155 Å². The lowest BCUT2D eigenvalue weighted by Crippen LogP contribution is -2.29. The van der Waals surface area contributed by atoms with Gasteiger partial charge in [-0.25, -0.2) is 4.79 Å². The molecule has 1 atom stereocenters. The van der Waals surface area contributed by atoms with Crippen LogP contribution in [0.5, 0.6) is 5.75 Å². The summed E-state index contributed by atoms with van der Waals surface area (Å²) in [6, 6.07) is 11.9. The van der Waals surface area contributed by atoms with Gasteiger partial charge < -0.3 is 14.8 Å². The van der Waals surface area contributed by atoms with Crippen LogP contribution in [-0.2, 0) is 14.3 Å². The number of ether oxygens (including phenoxy) is 2. The largest absolute Gasteiger partial charge is 0.477 e. The highest BCUT2D eigenvalue weighted by molar-refractivity contribution is 6.35. The zero-order chi connectivity index (χ0) is 18.4. The van der Waals surface area contributed by atoms with E-state index in [9.17, 15) is 9.59 Å². The van der Waals surface area contributed by atoms with Crippen LogP contribution in [0.4, 0.5) is 5.69 Å². The standard InChI is InChI=1S/C18H17Cl2NO4/c1-11-3-6-14(7-4-11)21-17(22)10-24-18(23)12(2)25-16-8-5-13(19)9-15(16)20/h3-9,12H,10H2,1-2H3,(H,21,22)/t12-/m1/s1. The number of aryl methyl sites for hydroxylation is 1. The number of halogens is 2. The minimum absolute atomic E-state index is 0.282. The van der Waals surface area contributed by atoms with Crippen LogP contribution in [0.25, 0.3) is 0 Å². The molecule has 0 saturated carbocycles. The van der Waals surface area contributed by atoms with E-state index in [4.69, 9.17) is 32.7 Å². The van der Waals surface area contributed by atoms with Crippen molar-refractivity contribution in [3.63, 3.8) is 0 Å². The van der Waals surface area contributed by atoms with Gasteiger partial charge >= 0.3 is 5.97 Å². The van der Waals surface area contributed by atoms with Gasteiger partial charge in [0.05, 0.1) is 5.02 Å². The fourth-order valence-electron chi connectivity index (χ4n) is 1.90. The first-order chi connectivity index (χ1) is 11.8. The van der Waals surface area contributed by atoms with Crippen molar-refractivity contribution in [3.8, 4) is 5.75 Å². The van der Waals surface area contributed by atoms with Crippen LogP contribution < -0.4 is 10.1 Å². The minimum Gasteiger partial charge on any atom is -0.477 e. The first-order valence-electron chi connectivity index (χ1n) is 7.50. The predicted molar refractivity (Wildman–Crippen MR) is 97.3 cm³/mol. The fourth-order valence-corrected chi connectivity index (χ4v) is 2.35. The molecule has 132 valence electrons. The lowest BCUT2D eigenvalue weighted by atomic mass is 10.2. The third kappa shape index (κ3) is 5.96. The van der Waals surface area contributed by atoms with Crippen molar-refractivity contribution in [1.29, 1.82) is 0 Å². The second-order valence-electron chi connectivity index (χ2n) is 5.36. The van der Waals surface area contributed by atoms with Crippen LogP contribution in [0.3, 0.4) is 0 Å². The normalized spacial score (nSPS) is 11.5. The van der Waals surface area contributed by atoms with Crippen LogP contribution in [0.2, 0.25) is 10.0 Å². The summed E-state index contributed by atoms with van der Waals surface area (Å²) in [4.78, 5) is 23.7. The van der Waals surface area contributed by atoms with Gasteiger partial charge in [0.1, 0.15) is 5.75 Å². The Hall–Kier alpha value is -2.24. The van der Waals surface area contributed by atoms with E-state index in [0.29, 0.717) is 16.5 Å². The summed E-state index contributed by atoms with van der Waals surface area (Å²) in [5.41, 5.74) is 1.71. The second-order valence-corrected chi connectivity index (χ2v) is 6.20. The molecule has 5 nitrogen and oxygen atoms in total. The van der Waals surface area contributed by atoms with Crippen LogP contribution in [0, 0.1) is 6.92 Å². The SMILES string of the molecule is Cc1ccc(NC(=O)COC(=O)[C@@H](C)Oc2ccc(Cl)cc2Cl)cc1. The van der Waals surface area contributed by atoms with E-state index in [1.165, 1.54) is 13.0 Å². The molecule has 0 aliphatic carbocycles. The molecule has 25 heavy (non-hydrogen) atoms. The number of benzene rings is 2. The highest BCUT2D eigenvalue weighted by Gasteiger charge is 2.19. The number of nitrogens with one attached hydrogen (secondary N) is 1. The van der Waals surface area contributed by atoms with Crippen LogP contribution in [0.15, 0.2) is 42.5 Å². The van der Waals surface area contributed by atoms with E-state index in [2.05, 4.69) is 5.32 Å². The first-order valence-corrected chi connectivity index (χ1v) is 8.25. The molecule has 0 aromatic heterocycles. The van der Waals surface area contributed by atoms with E-state index in [1.807, 2.05) is 19.1 Å². The van der Waals surface area contributed by atoms with Gasteiger partial charge in [-0.3, -0.25) is 4.79 Å². The Morgan fingerprint density at radius 1 is 1.12 bits per heavy atom. The monoisotopic (exact) mass is 381 g/mol. The molecule has 1 N–H and O–H groups in total. The summed E-state index contributed by atoms with van der Waals surface area (Å²) >= 11 is 11.8. The average Bonchev–Trinajstić information content (AvgIpc) is 2.57. The maximum Gasteiger partial charge on any atom is 0.347 e. The van der Waals surface area contributed by atoms with Crippen LogP contribution in [0.1, 0.15) is 12.5 Å². The van der Waals surface area contributed by atoms with Crippen molar-refractivity contribution >= 4 is 40.8 Å². The molecule has 2 aromatic carbocycles. The van der Waals surface area contributed by atoms with Crippen LogP contribution >= 0.6 is 23.2 Å². The molecule has 0 spiro atoms. The third-order valence-corrected chi connectivity index (χ3v) is 3.74. The molecule has 0 saturated heterocycles. The number of amides is 1. The van der Waals surface area contributed by atoms with Gasteiger partial charge in [0.15, 0.2) is 12.7 Å². The lowest BCUT2D eigenvalue weighted by molar-refractivity contribution is -0.153. The Balaban J connectivity index is 1.82. The number of carbonyl (C=O) groups excluding carboxylic acids is 2. The van der Waals surface area contributed by atoms with Crippen molar-refractivity contribution in [2.24, 2.45) is 0 Å². The second kappa shape index (κ2) is 8.74. The molecule has 0 aliphatic heterocycles. The molecule has 0 fully saturated rings. The van der Waals surface area contributed by atoms with Gasteiger partial charge in [0.2, 0.25) is 0 Å². The topological polar surface area (TPSA) is 64.6 Å². The molecule has 0 aliphatic rings. The summed E-state index contributed by atoms with van der Waals surface area (Å²) in [6.45, 7) is 3.04. The summed E-state index contributed by atoms with van der Waals surface area (Å²) in [7, 11) is 0. The molecule has 0 unspecified atom stereocenters. The maximum absolute atomic E-state index is 11.9. The lowest BCUT2D eigenvalue weighted by Gasteiger charge is -2.15. The van der Waals surface area contributed by atoms with Gasteiger partial charge in [0, 0.05) is 10.7 Å². The summed E-state index contributed by atoms with van der Waals surface area (Å²) < 4.78 is 10.4. The zero-order valence-electron chi connectivity index (χ0n) is 13.7. The van der Waals surface area contributed by atoms with Crippen molar-refractivity contribution in [3.05, 3.63) is 58.1 Å². The number of anilines is 1. The molecular formula is C18H17Cl2NO4. The van der Waals surface area contributed by atoms with Crippen molar-refractivity contribution in [2.75, 3.05) is 11.9 Å². The quantitative estimate of drug-likeness (QED) is 0.759. The molecular weight excluding hydrogens is 365 g/mol. The summed E-state index contributed by atoms with van der Waals surface area (Å²) in [6.07, 6.45) is -0.925. The van der Waals surface area contributed by atoms with Gasteiger partial charge in [0.25, 0.3) is 5.91 Å². The van der Waals surface area contributed by atoms with Crippen molar-refractivity contribution in [1.82, 2.24) is 0 Å². The summed E-state index contributed by atoms with van der Waals surface area (Å²) in [5, 5.41) is 3.38. The fraction of sp³-hybridized carbons (Fsp3) is 0.222. The molecule has 2 rings (SSSR count). The average molecular weight is 382 g/mol. The molecule has 0 radical (unpaired) electrons. The number of rotatable bonds is 6. The van der Waals surface area contributed by atoms with E-state index < -0.39 is 24.6 Å². The van der Waals surface area contributed by atoms with E-state index >= 15 is 0 Å². The van der Waals surface area contributed by atoms with Crippen molar-refractivity contribution in [2.45, 2.75) is 20.0 Å². The number of hydrogen-bond donors (Lipinski definition) is 1. The third-order valence-electron chi connectivity index (χ3n) is 3.21. The van der Waals surface area contributed by atoms with Gasteiger partial charge in [-0.1, -0.05) is 40.9 Å².